The van der Waals surface area contributed by atoms with E-state index in [9.17, 15) is 4.79 Å². The Bertz CT molecular complexity index is 675. The number of amides is 2. The van der Waals surface area contributed by atoms with Gasteiger partial charge in [-0.3, -0.25) is 4.90 Å². The monoisotopic (exact) mass is 435 g/mol. The van der Waals surface area contributed by atoms with Crippen LogP contribution in [-0.2, 0) is 0 Å². The van der Waals surface area contributed by atoms with Crippen LogP contribution in [0.15, 0.2) is 54.6 Å². The molecular weight excluding hydrogens is 413 g/mol. The van der Waals surface area contributed by atoms with Crippen LogP contribution in [-0.4, -0.2) is 30.2 Å². The Hall–Kier alpha value is -1.60. The maximum atomic E-state index is 12.2. The highest BCUT2D eigenvalue weighted by Gasteiger charge is 2.27. The lowest BCUT2D eigenvalue weighted by molar-refractivity contribution is 0.207. The molecule has 0 bridgehead atoms. The second-order valence-corrected chi connectivity index (χ2v) is 7.42. The van der Waals surface area contributed by atoms with Gasteiger partial charge in [-0.2, -0.15) is 0 Å². The van der Waals surface area contributed by atoms with Crippen LogP contribution < -0.4 is 10.6 Å². The minimum Gasteiger partial charge on any atom is -0.323 e. The summed E-state index contributed by atoms with van der Waals surface area (Å²) >= 11 is 2.25. The number of carbonyl (C=O) groups is 1. The van der Waals surface area contributed by atoms with Gasteiger partial charge < -0.3 is 10.6 Å². The summed E-state index contributed by atoms with van der Waals surface area (Å²) in [7, 11) is 0. The molecule has 0 radical (unpaired) electrons. The number of urea groups is 1. The van der Waals surface area contributed by atoms with Gasteiger partial charge in [0.1, 0.15) is 0 Å². The van der Waals surface area contributed by atoms with E-state index >= 15 is 0 Å². The van der Waals surface area contributed by atoms with E-state index in [1.165, 1.54) is 5.56 Å². The van der Waals surface area contributed by atoms with E-state index < -0.39 is 0 Å². The van der Waals surface area contributed by atoms with Gasteiger partial charge in [0.15, 0.2) is 0 Å². The average molecular weight is 435 g/mol. The number of hydrogen-bond donors (Lipinski definition) is 2. The first-order chi connectivity index (χ1) is 11.6. The summed E-state index contributed by atoms with van der Waals surface area (Å²) < 4.78 is 1.15. The summed E-state index contributed by atoms with van der Waals surface area (Å²) in [6.45, 7) is 4.03. The molecule has 126 valence electrons. The highest BCUT2D eigenvalue weighted by molar-refractivity contribution is 14.1. The summed E-state index contributed by atoms with van der Waals surface area (Å²) in [5, 5.41) is 5.92. The molecule has 24 heavy (non-hydrogen) atoms. The van der Waals surface area contributed by atoms with Crippen molar-refractivity contribution in [3.63, 3.8) is 0 Å². The molecule has 0 aliphatic carbocycles. The highest BCUT2D eigenvalue weighted by Crippen LogP contribution is 2.27. The van der Waals surface area contributed by atoms with Crippen molar-refractivity contribution in [3.05, 3.63) is 63.7 Å². The first-order valence-corrected chi connectivity index (χ1v) is 9.32. The molecule has 1 heterocycles. The number of halogens is 1. The molecule has 2 N–H and O–H groups in total. The Morgan fingerprint density at radius 3 is 2.58 bits per heavy atom. The molecule has 3 rings (SSSR count). The van der Waals surface area contributed by atoms with Crippen LogP contribution in [0.5, 0.6) is 0 Å². The Morgan fingerprint density at radius 1 is 1.17 bits per heavy atom. The molecule has 1 aliphatic heterocycles. The van der Waals surface area contributed by atoms with Gasteiger partial charge in [0.25, 0.3) is 0 Å². The number of hydrogen-bond acceptors (Lipinski definition) is 2. The number of rotatable bonds is 4. The van der Waals surface area contributed by atoms with Crippen LogP contribution in [0.1, 0.15) is 24.8 Å². The minimum atomic E-state index is -0.160. The average Bonchev–Trinajstić information content (AvgIpc) is 3.08. The third kappa shape index (κ3) is 4.48. The molecule has 1 aliphatic rings. The van der Waals surface area contributed by atoms with Gasteiger partial charge >= 0.3 is 6.03 Å². The van der Waals surface area contributed by atoms with Gasteiger partial charge in [0.05, 0.1) is 6.17 Å². The summed E-state index contributed by atoms with van der Waals surface area (Å²) in [6.07, 6.45) is 1.15. The summed E-state index contributed by atoms with van der Waals surface area (Å²) in [6, 6.07) is 18.2. The lowest BCUT2D eigenvalue weighted by Crippen LogP contribution is -2.46. The Labute approximate surface area is 156 Å². The third-order valence-electron chi connectivity index (χ3n) is 4.48. The van der Waals surface area contributed by atoms with E-state index in [1.807, 2.05) is 31.2 Å². The van der Waals surface area contributed by atoms with Crippen molar-refractivity contribution in [1.29, 1.82) is 0 Å². The molecule has 5 heteroatoms. The van der Waals surface area contributed by atoms with E-state index in [4.69, 9.17) is 0 Å². The Balaban J connectivity index is 1.51. The second kappa shape index (κ2) is 7.98. The van der Waals surface area contributed by atoms with Crippen molar-refractivity contribution < 1.29 is 4.79 Å². The van der Waals surface area contributed by atoms with Gasteiger partial charge in [0.2, 0.25) is 0 Å². The maximum absolute atomic E-state index is 12.2. The number of nitrogens with one attached hydrogen (secondary N) is 2. The van der Waals surface area contributed by atoms with Gasteiger partial charge in [-0.25, -0.2) is 4.79 Å². The number of nitrogens with zero attached hydrogens (tertiary/aromatic N) is 1. The van der Waals surface area contributed by atoms with Crippen molar-refractivity contribution >= 4 is 34.3 Å². The highest BCUT2D eigenvalue weighted by atomic mass is 127. The molecule has 2 aromatic rings. The van der Waals surface area contributed by atoms with Crippen LogP contribution in [0.25, 0.3) is 0 Å². The van der Waals surface area contributed by atoms with Gasteiger partial charge in [0, 0.05) is 22.3 Å². The van der Waals surface area contributed by atoms with Crippen molar-refractivity contribution in [2.45, 2.75) is 25.4 Å². The van der Waals surface area contributed by atoms with Crippen LogP contribution >= 0.6 is 22.6 Å². The van der Waals surface area contributed by atoms with Crippen molar-refractivity contribution in [2.75, 3.05) is 18.4 Å². The minimum absolute atomic E-state index is 0.0163. The molecule has 2 atom stereocenters. The largest absolute Gasteiger partial charge is 0.323 e. The SMILES string of the molecule is C[C@@H](NC(=O)Nc1ccc(I)cc1)N1CCC(c2ccccc2)C1. The van der Waals surface area contributed by atoms with Crippen LogP contribution in [0.4, 0.5) is 10.5 Å². The molecule has 1 unspecified atom stereocenters. The zero-order valence-electron chi connectivity index (χ0n) is 13.7. The maximum Gasteiger partial charge on any atom is 0.320 e. The molecule has 4 nitrogen and oxygen atoms in total. The van der Waals surface area contributed by atoms with E-state index in [-0.39, 0.29) is 12.2 Å². The molecular formula is C19H22IN3O. The number of anilines is 1. The Kier molecular flexibility index (Phi) is 5.73. The van der Waals surface area contributed by atoms with Crippen molar-refractivity contribution in [3.8, 4) is 0 Å². The lowest BCUT2D eigenvalue weighted by atomic mass is 9.99. The number of likely N-dealkylation sites (tertiary alicyclic amines) is 1. The topological polar surface area (TPSA) is 44.4 Å². The fraction of sp³-hybridized carbons (Fsp3) is 0.316. The van der Waals surface area contributed by atoms with E-state index in [2.05, 4.69) is 68.5 Å². The van der Waals surface area contributed by atoms with E-state index in [0.717, 1.165) is 28.8 Å². The van der Waals surface area contributed by atoms with Gasteiger partial charge in [-0.1, -0.05) is 30.3 Å². The lowest BCUT2D eigenvalue weighted by Gasteiger charge is -2.25. The Morgan fingerprint density at radius 2 is 1.88 bits per heavy atom. The zero-order valence-corrected chi connectivity index (χ0v) is 15.9. The van der Waals surface area contributed by atoms with Gasteiger partial charge in [-0.15, -0.1) is 0 Å². The molecule has 0 spiro atoms. The fourth-order valence-corrected chi connectivity index (χ4v) is 3.48. The zero-order chi connectivity index (χ0) is 16.9. The standard InChI is InChI=1S/C19H22IN3O/c1-14(21-19(24)22-18-9-7-17(20)8-10-18)23-12-11-16(13-23)15-5-3-2-4-6-15/h2-10,14,16H,11-13H2,1H3,(H2,21,22,24)/t14-,16?/m0/s1. The summed E-state index contributed by atoms with van der Waals surface area (Å²) in [4.78, 5) is 14.5. The number of carbonyl (C=O) groups excluding carboxylic acids is 1. The number of benzene rings is 2. The smallest absolute Gasteiger partial charge is 0.320 e. The van der Waals surface area contributed by atoms with Crippen molar-refractivity contribution in [1.82, 2.24) is 10.2 Å². The molecule has 1 saturated heterocycles. The van der Waals surface area contributed by atoms with Gasteiger partial charge in [-0.05, 0) is 71.7 Å². The summed E-state index contributed by atoms with van der Waals surface area (Å²) in [5.41, 5.74) is 2.19. The normalized spacial score (nSPS) is 19.0. The third-order valence-corrected chi connectivity index (χ3v) is 5.20. The molecule has 0 aromatic heterocycles. The van der Waals surface area contributed by atoms with Crippen LogP contribution in [0.2, 0.25) is 0 Å². The molecule has 2 aromatic carbocycles. The fourth-order valence-electron chi connectivity index (χ4n) is 3.12. The molecule has 0 saturated carbocycles. The second-order valence-electron chi connectivity index (χ2n) is 6.17. The van der Waals surface area contributed by atoms with E-state index in [0.29, 0.717) is 5.92 Å². The quantitative estimate of drug-likeness (QED) is 0.706. The molecule has 2 amide bonds. The summed E-state index contributed by atoms with van der Waals surface area (Å²) in [5.74, 6) is 0.551. The first-order valence-electron chi connectivity index (χ1n) is 8.24. The molecule has 1 fully saturated rings. The van der Waals surface area contributed by atoms with Crippen molar-refractivity contribution in [2.24, 2.45) is 0 Å². The predicted octanol–water partition coefficient (Wildman–Crippen LogP) is 4.25. The van der Waals surface area contributed by atoms with E-state index in [1.54, 1.807) is 0 Å². The van der Waals surface area contributed by atoms with Crippen LogP contribution in [0.3, 0.4) is 0 Å². The first kappa shape index (κ1) is 17.2. The predicted molar refractivity (Wildman–Crippen MR) is 106 cm³/mol. The van der Waals surface area contributed by atoms with Crippen LogP contribution in [0, 0.1) is 3.57 Å².